The summed E-state index contributed by atoms with van der Waals surface area (Å²) < 4.78 is 68.3. The highest BCUT2D eigenvalue weighted by Gasteiger charge is 2.42. The molecule has 1 amide bonds. The maximum Gasteiger partial charge on any atom is 0.391 e. The van der Waals surface area contributed by atoms with Gasteiger partial charge in [-0.05, 0) is 43.0 Å². The molecule has 7 nitrogen and oxygen atoms in total. The van der Waals surface area contributed by atoms with Gasteiger partial charge in [-0.3, -0.25) is 4.79 Å². The number of sulfonamides is 1. The van der Waals surface area contributed by atoms with E-state index >= 15 is 0 Å². The normalized spacial score (nSPS) is 17.0. The zero-order valence-electron chi connectivity index (χ0n) is 16.4. The molecule has 2 heterocycles. The number of benzene rings is 1. The second-order valence-electron chi connectivity index (χ2n) is 7.31. The van der Waals surface area contributed by atoms with Gasteiger partial charge in [0.25, 0.3) is 0 Å². The summed E-state index contributed by atoms with van der Waals surface area (Å²) in [7, 11) is -4.01. The summed E-state index contributed by atoms with van der Waals surface area (Å²) in [6.07, 6.45) is -1.61. The van der Waals surface area contributed by atoms with E-state index in [1.165, 1.54) is 23.2 Å². The zero-order chi connectivity index (χ0) is 22.6. The van der Waals surface area contributed by atoms with E-state index < -0.39 is 34.1 Å². The van der Waals surface area contributed by atoms with Crippen LogP contribution < -0.4 is 4.72 Å². The van der Waals surface area contributed by atoms with E-state index in [1.54, 1.807) is 29.0 Å². The summed E-state index contributed by atoms with van der Waals surface area (Å²) in [6.45, 7) is 0.0301. The number of piperidine rings is 1. The van der Waals surface area contributed by atoms with Gasteiger partial charge in [-0.25, -0.2) is 13.4 Å². The molecule has 0 spiro atoms. The number of aryl methyl sites for hydroxylation is 1. The lowest BCUT2D eigenvalue weighted by Crippen LogP contribution is -2.51. The number of alkyl halides is 3. The number of likely N-dealkylation sites (tertiary alicyclic amines) is 1. The van der Waals surface area contributed by atoms with E-state index in [2.05, 4.69) is 9.71 Å². The van der Waals surface area contributed by atoms with Gasteiger partial charge in [0.2, 0.25) is 21.2 Å². The molecular weight excluding hydrogens is 457 g/mol. The Morgan fingerprint density at radius 2 is 1.87 bits per heavy atom. The minimum Gasteiger partial charge on any atom is -0.341 e. The van der Waals surface area contributed by atoms with Gasteiger partial charge in [0.1, 0.15) is 6.04 Å². The molecule has 0 radical (unpaired) electrons. The summed E-state index contributed by atoms with van der Waals surface area (Å²) in [5, 5.41) is 0.183. The Bertz CT molecular complexity index is 990. The number of aromatic nitrogens is 2. The third kappa shape index (κ3) is 5.98. The average Bonchev–Trinajstić information content (AvgIpc) is 3.15. The first-order valence-electron chi connectivity index (χ1n) is 9.67. The van der Waals surface area contributed by atoms with E-state index in [0.29, 0.717) is 0 Å². The molecule has 0 bridgehead atoms. The van der Waals surface area contributed by atoms with Crippen molar-refractivity contribution in [2.75, 3.05) is 13.1 Å². The fourth-order valence-corrected chi connectivity index (χ4v) is 4.92. The topological polar surface area (TPSA) is 84.3 Å². The Morgan fingerprint density at radius 1 is 1.23 bits per heavy atom. The molecule has 170 valence electrons. The quantitative estimate of drug-likeness (QED) is 0.663. The molecule has 3 rings (SSSR count). The van der Waals surface area contributed by atoms with Crippen LogP contribution in [0.15, 0.2) is 47.6 Å². The number of nitrogens with zero attached hydrogens (tertiary/aromatic N) is 3. The molecule has 2 aromatic rings. The van der Waals surface area contributed by atoms with Gasteiger partial charge in [0.05, 0.1) is 10.8 Å². The van der Waals surface area contributed by atoms with Crippen molar-refractivity contribution in [1.29, 1.82) is 0 Å². The molecule has 12 heteroatoms. The lowest BCUT2D eigenvalue weighted by atomic mass is 9.95. The number of hydrogen-bond acceptors (Lipinski definition) is 4. The van der Waals surface area contributed by atoms with Crippen molar-refractivity contribution in [3.05, 3.63) is 48.0 Å². The van der Waals surface area contributed by atoms with Crippen molar-refractivity contribution in [2.24, 2.45) is 5.92 Å². The number of amides is 1. The average molecular weight is 479 g/mol. The first-order chi connectivity index (χ1) is 14.6. The molecule has 1 fully saturated rings. The van der Waals surface area contributed by atoms with Gasteiger partial charge >= 0.3 is 6.18 Å². The maximum atomic E-state index is 13.1. The highest BCUT2D eigenvalue weighted by molar-refractivity contribution is 7.89. The van der Waals surface area contributed by atoms with Crippen molar-refractivity contribution >= 4 is 27.5 Å². The standard InChI is InChI=1S/C19H22ClF3N4O3S/c20-18-24-9-13-27(18)12-8-16(25-31(29,30)15-4-2-1-3-5-15)17(28)26-10-6-14(7-11-26)19(21,22)23/h1-5,9,13-14,16,25H,6-8,10-12H2. The van der Waals surface area contributed by atoms with Crippen molar-refractivity contribution in [1.82, 2.24) is 19.2 Å². The molecular formula is C19H22ClF3N4O3S. The van der Waals surface area contributed by atoms with E-state index in [0.717, 1.165) is 0 Å². The van der Waals surface area contributed by atoms with E-state index in [9.17, 15) is 26.4 Å². The minimum absolute atomic E-state index is 0.00996. The van der Waals surface area contributed by atoms with Crippen LogP contribution in [0.3, 0.4) is 0 Å². The SMILES string of the molecule is O=C(C(CCn1ccnc1Cl)NS(=O)(=O)c1ccccc1)N1CCC(C(F)(F)F)CC1. The van der Waals surface area contributed by atoms with Gasteiger partial charge in [0.15, 0.2) is 0 Å². The number of carbonyl (C=O) groups is 1. The minimum atomic E-state index is -4.30. The van der Waals surface area contributed by atoms with Crippen LogP contribution in [0.1, 0.15) is 19.3 Å². The first kappa shape index (κ1) is 23.6. The van der Waals surface area contributed by atoms with E-state index in [4.69, 9.17) is 11.6 Å². The summed E-state index contributed by atoms with van der Waals surface area (Å²) >= 11 is 5.95. The van der Waals surface area contributed by atoms with Gasteiger partial charge in [-0.2, -0.15) is 17.9 Å². The number of imidazole rings is 1. The molecule has 1 aliphatic rings. The lowest BCUT2D eigenvalue weighted by molar-refractivity contribution is -0.186. The molecule has 1 saturated heterocycles. The fraction of sp³-hybridized carbons (Fsp3) is 0.474. The second-order valence-corrected chi connectivity index (χ2v) is 9.36. The monoisotopic (exact) mass is 478 g/mol. The largest absolute Gasteiger partial charge is 0.391 e. The maximum absolute atomic E-state index is 13.1. The Labute approximate surface area is 183 Å². The Kier molecular flexibility index (Phi) is 7.28. The van der Waals surface area contributed by atoms with Crippen LogP contribution in [0.5, 0.6) is 0 Å². The van der Waals surface area contributed by atoms with Crippen LogP contribution in [-0.2, 0) is 21.4 Å². The summed E-state index contributed by atoms with van der Waals surface area (Å²) in [4.78, 5) is 18.2. The lowest BCUT2D eigenvalue weighted by Gasteiger charge is -2.35. The van der Waals surface area contributed by atoms with E-state index in [1.807, 2.05) is 0 Å². The smallest absolute Gasteiger partial charge is 0.341 e. The number of carbonyl (C=O) groups excluding carboxylic acids is 1. The summed E-state index contributed by atoms with van der Waals surface area (Å²) in [6, 6.07) is 6.40. The Balaban J connectivity index is 1.75. The molecule has 1 unspecified atom stereocenters. The molecule has 1 N–H and O–H groups in total. The van der Waals surface area contributed by atoms with Crippen LogP contribution >= 0.6 is 11.6 Å². The molecule has 0 aliphatic carbocycles. The number of halogens is 4. The van der Waals surface area contributed by atoms with E-state index in [-0.39, 0.29) is 49.1 Å². The Morgan fingerprint density at radius 3 is 2.42 bits per heavy atom. The highest BCUT2D eigenvalue weighted by atomic mass is 35.5. The highest BCUT2D eigenvalue weighted by Crippen LogP contribution is 2.34. The third-order valence-electron chi connectivity index (χ3n) is 5.24. The van der Waals surface area contributed by atoms with Gasteiger partial charge < -0.3 is 9.47 Å². The molecule has 0 saturated carbocycles. The number of nitrogens with one attached hydrogen (secondary N) is 1. The predicted molar refractivity (Wildman–Crippen MR) is 108 cm³/mol. The van der Waals surface area contributed by atoms with Crippen LogP contribution in [-0.4, -0.2) is 54.1 Å². The fourth-order valence-electron chi connectivity index (χ4n) is 3.48. The van der Waals surface area contributed by atoms with Crippen LogP contribution in [0, 0.1) is 5.92 Å². The van der Waals surface area contributed by atoms with Crippen LogP contribution in [0.2, 0.25) is 5.28 Å². The second kappa shape index (κ2) is 9.58. The summed E-state index contributed by atoms with van der Waals surface area (Å²) in [5.41, 5.74) is 0. The molecule has 1 aromatic heterocycles. The number of rotatable bonds is 7. The van der Waals surface area contributed by atoms with Crippen molar-refractivity contribution in [2.45, 2.75) is 42.9 Å². The van der Waals surface area contributed by atoms with Crippen molar-refractivity contribution in [3.63, 3.8) is 0 Å². The van der Waals surface area contributed by atoms with Crippen molar-refractivity contribution in [3.8, 4) is 0 Å². The molecule has 1 aromatic carbocycles. The Hall–Kier alpha value is -2.11. The summed E-state index contributed by atoms with van der Waals surface area (Å²) in [5.74, 6) is -2.02. The van der Waals surface area contributed by atoms with Gasteiger partial charge in [0, 0.05) is 32.0 Å². The third-order valence-corrected chi connectivity index (χ3v) is 7.04. The van der Waals surface area contributed by atoms with Crippen LogP contribution in [0.4, 0.5) is 13.2 Å². The zero-order valence-corrected chi connectivity index (χ0v) is 18.0. The molecule has 1 aliphatic heterocycles. The molecule has 1 atom stereocenters. The first-order valence-corrected chi connectivity index (χ1v) is 11.5. The predicted octanol–water partition coefficient (Wildman–Crippen LogP) is 3.07. The number of hydrogen-bond donors (Lipinski definition) is 1. The van der Waals surface area contributed by atoms with Crippen molar-refractivity contribution < 1.29 is 26.4 Å². The van der Waals surface area contributed by atoms with Crippen LogP contribution in [0.25, 0.3) is 0 Å². The van der Waals surface area contributed by atoms with Gasteiger partial charge in [-0.1, -0.05) is 18.2 Å². The molecule has 31 heavy (non-hydrogen) atoms. The van der Waals surface area contributed by atoms with Gasteiger partial charge in [-0.15, -0.1) is 0 Å².